The molecule has 1 radical (unpaired) electrons. The molecule has 0 saturated heterocycles. The first-order chi connectivity index (χ1) is 5.25. The first kappa shape index (κ1) is 11.7. The Morgan fingerprint density at radius 1 is 1.75 bits per heavy atom. The van der Waals surface area contributed by atoms with E-state index in [0.29, 0.717) is 0 Å². The summed E-state index contributed by atoms with van der Waals surface area (Å²) in [6.07, 6.45) is 1.42. The zero-order valence-corrected chi connectivity index (χ0v) is 9.12. The van der Waals surface area contributed by atoms with Crippen LogP contribution in [0.2, 0.25) is 0 Å². The second-order valence-electron chi connectivity index (χ2n) is 1.94. The van der Waals surface area contributed by atoms with E-state index in [0.717, 1.165) is 0 Å². The molecule has 61 valence electrons. The van der Waals surface area contributed by atoms with Gasteiger partial charge in [-0.15, -0.1) is 0 Å². The molecule has 0 aromatic carbocycles. The molecule has 0 amide bonds. The summed E-state index contributed by atoms with van der Waals surface area (Å²) in [4.78, 5) is 21.6. The summed E-state index contributed by atoms with van der Waals surface area (Å²) in [5, 5.41) is 0. The molecule has 1 aliphatic rings. The molecule has 1 rings (SSSR count). The smallest absolute Gasteiger partial charge is 0.345 e. The Morgan fingerprint density at radius 3 is 2.83 bits per heavy atom. The molecule has 12 heavy (non-hydrogen) atoms. The Morgan fingerprint density at radius 2 is 2.42 bits per heavy atom. The van der Waals surface area contributed by atoms with Crippen LogP contribution in [0.25, 0.3) is 0 Å². The Labute approximate surface area is 92.2 Å². The van der Waals surface area contributed by atoms with E-state index < -0.39 is 11.9 Å². The third-order valence-corrected chi connectivity index (χ3v) is 1.22. The second-order valence-corrected chi connectivity index (χ2v) is 1.94. The minimum absolute atomic E-state index is 0. The van der Waals surface area contributed by atoms with Crippen molar-refractivity contribution in [1.29, 1.82) is 0 Å². The normalized spacial score (nSPS) is 14.4. The molecule has 0 atom stereocenters. The average molecular weight is 179 g/mol. The molecule has 0 aromatic rings. The van der Waals surface area contributed by atoms with Gasteiger partial charge in [0.2, 0.25) is 0 Å². The molecule has 0 aliphatic carbocycles. The van der Waals surface area contributed by atoms with Gasteiger partial charge in [0.05, 0.1) is 6.61 Å². The number of carbonyl (C=O) groups excluding carboxylic acids is 2. The van der Waals surface area contributed by atoms with Crippen LogP contribution in [0.4, 0.5) is 0 Å². The van der Waals surface area contributed by atoms with Gasteiger partial charge in [-0.1, -0.05) is 0 Å². The van der Waals surface area contributed by atoms with Crippen LogP contribution >= 0.6 is 0 Å². The number of rotatable bonds is 2. The van der Waals surface area contributed by atoms with E-state index in [2.05, 4.69) is 9.47 Å². The number of hydrogen-bond acceptors (Lipinski definition) is 4. The maximum absolute atomic E-state index is 10.9. The molecule has 1 heterocycles. The Hall–Kier alpha value is -0.320. The van der Waals surface area contributed by atoms with Crippen LogP contribution in [-0.4, -0.2) is 54.7 Å². The minimum Gasteiger partial charge on any atom is -0.462 e. The fraction of sp³-hybridized carbons (Fsp3) is 0.429. The van der Waals surface area contributed by atoms with Gasteiger partial charge in [-0.25, -0.2) is 9.59 Å². The van der Waals surface area contributed by atoms with Gasteiger partial charge >= 0.3 is 11.9 Å². The zero-order valence-electron chi connectivity index (χ0n) is 7.12. The third-order valence-electron chi connectivity index (χ3n) is 1.22. The Bertz CT molecular complexity index is 221. The van der Waals surface area contributed by atoms with Crippen molar-refractivity contribution in [1.82, 2.24) is 0 Å². The molecule has 0 spiro atoms. The fourth-order valence-corrected chi connectivity index (χ4v) is 0.737. The van der Waals surface area contributed by atoms with E-state index in [-0.39, 0.29) is 48.3 Å². The molecule has 0 saturated carbocycles. The minimum atomic E-state index is -0.602. The molecule has 0 unspecified atom stereocenters. The maximum atomic E-state index is 10.9. The zero-order chi connectivity index (χ0) is 8.27. The summed E-state index contributed by atoms with van der Waals surface area (Å²) < 4.78 is 9.09. The quantitative estimate of drug-likeness (QED) is 0.330. The van der Waals surface area contributed by atoms with E-state index in [1.54, 1.807) is 6.92 Å². The largest absolute Gasteiger partial charge is 0.462 e. The number of ether oxygens (including phenoxy) is 2. The first-order valence-corrected chi connectivity index (χ1v) is 3.30. The number of carbonyl (C=O) groups is 2. The van der Waals surface area contributed by atoms with E-state index in [9.17, 15) is 9.59 Å². The Balaban J connectivity index is 0.00000121. The van der Waals surface area contributed by atoms with Gasteiger partial charge in [0.25, 0.3) is 0 Å². The molecule has 0 N–H and O–H groups in total. The van der Waals surface area contributed by atoms with Gasteiger partial charge in [0.1, 0.15) is 12.2 Å². The van der Waals surface area contributed by atoms with Crippen molar-refractivity contribution in [2.75, 3.05) is 13.2 Å². The second kappa shape index (κ2) is 5.35. The predicted octanol–water partition coefficient (Wildman–Crippen LogP) is -0.348. The first-order valence-electron chi connectivity index (χ1n) is 3.30. The summed E-state index contributed by atoms with van der Waals surface area (Å²) in [5.41, 5.74) is 0.00634. The number of esters is 2. The predicted molar refractivity (Wildman–Crippen MR) is 41.4 cm³/mol. The van der Waals surface area contributed by atoms with Crippen LogP contribution in [0, 0.1) is 0 Å². The van der Waals surface area contributed by atoms with Gasteiger partial charge in [-0.05, 0) is 13.0 Å². The number of hydrogen-bond donors (Lipinski definition) is 0. The molecular formula is C7H8NaO4. The molecule has 1 aliphatic heterocycles. The molecule has 0 fully saturated rings. The summed E-state index contributed by atoms with van der Waals surface area (Å²) >= 11 is 0. The standard InChI is InChI=1S/C7H8O4.Na/c1-2-10-6(8)5-3-4-11-7(5)9;/h3H,2,4H2,1H3;. The van der Waals surface area contributed by atoms with Crippen LogP contribution in [0.15, 0.2) is 11.6 Å². The van der Waals surface area contributed by atoms with Gasteiger partial charge in [-0.2, -0.15) is 0 Å². The fourth-order valence-electron chi connectivity index (χ4n) is 0.737. The van der Waals surface area contributed by atoms with Gasteiger partial charge in [0.15, 0.2) is 0 Å². The third kappa shape index (κ3) is 2.62. The van der Waals surface area contributed by atoms with E-state index >= 15 is 0 Å². The van der Waals surface area contributed by atoms with Crippen LogP contribution in [0.1, 0.15) is 6.92 Å². The van der Waals surface area contributed by atoms with Crippen LogP contribution < -0.4 is 0 Å². The van der Waals surface area contributed by atoms with Crippen molar-refractivity contribution < 1.29 is 19.1 Å². The van der Waals surface area contributed by atoms with E-state index in [4.69, 9.17) is 0 Å². The maximum Gasteiger partial charge on any atom is 0.345 e. The molecule has 5 heteroatoms. The van der Waals surface area contributed by atoms with Gasteiger partial charge < -0.3 is 9.47 Å². The van der Waals surface area contributed by atoms with Crippen molar-refractivity contribution in [3.8, 4) is 0 Å². The van der Waals surface area contributed by atoms with Crippen LogP contribution in [0.5, 0.6) is 0 Å². The average Bonchev–Trinajstić information content (AvgIpc) is 2.36. The van der Waals surface area contributed by atoms with Crippen LogP contribution in [0.3, 0.4) is 0 Å². The molecule has 4 nitrogen and oxygen atoms in total. The molecule has 0 bridgehead atoms. The summed E-state index contributed by atoms with van der Waals surface area (Å²) in [5.74, 6) is -1.20. The van der Waals surface area contributed by atoms with Crippen molar-refractivity contribution in [2.45, 2.75) is 6.92 Å². The van der Waals surface area contributed by atoms with E-state index in [1.807, 2.05) is 0 Å². The topological polar surface area (TPSA) is 52.6 Å². The summed E-state index contributed by atoms with van der Waals surface area (Å²) in [6, 6.07) is 0. The summed E-state index contributed by atoms with van der Waals surface area (Å²) in [7, 11) is 0. The van der Waals surface area contributed by atoms with Crippen molar-refractivity contribution in [3.63, 3.8) is 0 Å². The Kier molecular flexibility index (Phi) is 5.20. The monoisotopic (exact) mass is 179 g/mol. The van der Waals surface area contributed by atoms with Crippen molar-refractivity contribution in [2.24, 2.45) is 0 Å². The molecular weight excluding hydrogens is 171 g/mol. The van der Waals surface area contributed by atoms with Gasteiger partial charge in [0, 0.05) is 29.6 Å². The summed E-state index contributed by atoms with van der Waals surface area (Å²) in [6.45, 7) is 2.12. The number of cyclic esters (lactones) is 1. The van der Waals surface area contributed by atoms with Gasteiger partial charge in [-0.3, -0.25) is 0 Å². The van der Waals surface area contributed by atoms with Crippen LogP contribution in [-0.2, 0) is 19.1 Å². The van der Waals surface area contributed by atoms with E-state index in [1.165, 1.54) is 6.08 Å². The SMILES string of the molecule is CCOC(=O)C1=CCOC1=O.[Na]. The van der Waals surface area contributed by atoms with Crippen molar-refractivity contribution in [3.05, 3.63) is 11.6 Å². The van der Waals surface area contributed by atoms with Crippen molar-refractivity contribution >= 4 is 41.5 Å². The molecule has 0 aromatic heterocycles.